The van der Waals surface area contributed by atoms with Gasteiger partial charge in [-0.05, 0) is 24.8 Å². The van der Waals surface area contributed by atoms with Gasteiger partial charge in [0, 0.05) is 5.56 Å². The maximum Gasteiger partial charge on any atom is 0.0833 e. The number of rotatable bonds is 6. The van der Waals surface area contributed by atoms with Crippen LogP contribution in [0.25, 0.3) is 0 Å². The predicted molar refractivity (Wildman–Crippen MR) is 74.7 cm³/mol. The summed E-state index contributed by atoms with van der Waals surface area (Å²) in [4.78, 5) is 0. The van der Waals surface area contributed by atoms with Gasteiger partial charge in [0.05, 0.1) is 16.1 Å². The van der Waals surface area contributed by atoms with E-state index in [4.69, 9.17) is 23.2 Å². The van der Waals surface area contributed by atoms with Crippen molar-refractivity contribution >= 4 is 23.2 Å². The van der Waals surface area contributed by atoms with Gasteiger partial charge in [0.1, 0.15) is 0 Å². The monoisotopic (exact) mass is 274 g/mol. The van der Waals surface area contributed by atoms with Crippen molar-refractivity contribution in [1.82, 2.24) is 0 Å². The van der Waals surface area contributed by atoms with Crippen molar-refractivity contribution in [3.63, 3.8) is 0 Å². The Morgan fingerprint density at radius 2 is 1.71 bits per heavy atom. The summed E-state index contributed by atoms with van der Waals surface area (Å²) in [6.45, 7) is 4.27. The van der Waals surface area contributed by atoms with Crippen molar-refractivity contribution in [2.75, 3.05) is 0 Å². The van der Waals surface area contributed by atoms with E-state index < -0.39 is 6.10 Å². The van der Waals surface area contributed by atoms with Crippen molar-refractivity contribution in [2.45, 2.75) is 45.6 Å². The van der Waals surface area contributed by atoms with Crippen LogP contribution in [0, 0.1) is 5.92 Å². The van der Waals surface area contributed by atoms with Gasteiger partial charge >= 0.3 is 0 Å². The molecular formula is C14H20Cl2O. The Kier molecular flexibility index (Phi) is 6.32. The molecule has 1 aromatic carbocycles. The number of hydrogen-bond acceptors (Lipinski definition) is 1. The van der Waals surface area contributed by atoms with Crippen LogP contribution in [0.2, 0.25) is 10.0 Å². The van der Waals surface area contributed by atoms with Crippen LogP contribution in [0.3, 0.4) is 0 Å². The third kappa shape index (κ3) is 3.87. The number of aliphatic hydroxyl groups is 1. The third-order valence-electron chi connectivity index (χ3n) is 3.07. The first-order chi connectivity index (χ1) is 8.11. The first-order valence-corrected chi connectivity index (χ1v) is 6.99. The normalized spacial score (nSPS) is 13.1. The zero-order chi connectivity index (χ0) is 12.8. The molecule has 96 valence electrons. The summed E-state index contributed by atoms with van der Waals surface area (Å²) in [5.41, 5.74) is 0.756. The standard InChI is InChI=1S/C14H20Cl2O/c1-3-6-10(7-4-2)14(17)11-8-5-9-12(15)13(11)16/h5,8-10,14,17H,3-4,6-7H2,1-2H3. The van der Waals surface area contributed by atoms with Gasteiger partial charge in [0.25, 0.3) is 0 Å². The smallest absolute Gasteiger partial charge is 0.0833 e. The molecule has 0 aliphatic heterocycles. The van der Waals surface area contributed by atoms with E-state index in [0.717, 1.165) is 31.2 Å². The third-order valence-corrected chi connectivity index (χ3v) is 3.90. The Labute approximate surface area is 114 Å². The minimum atomic E-state index is -0.513. The lowest BCUT2D eigenvalue weighted by molar-refractivity contribution is 0.0965. The second kappa shape index (κ2) is 7.25. The highest BCUT2D eigenvalue weighted by atomic mass is 35.5. The molecular weight excluding hydrogens is 255 g/mol. The molecule has 0 bridgehead atoms. The van der Waals surface area contributed by atoms with E-state index in [2.05, 4.69) is 13.8 Å². The van der Waals surface area contributed by atoms with Gasteiger partial charge in [-0.1, -0.05) is 62.0 Å². The Hall–Kier alpha value is -0.240. The maximum absolute atomic E-state index is 10.4. The lowest BCUT2D eigenvalue weighted by atomic mass is 9.88. The summed E-state index contributed by atoms with van der Waals surface area (Å²) in [5, 5.41) is 11.4. The molecule has 1 nitrogen and oxygen atoms in total. The van der Waals surface area contributed by atoms with E-state index in [1.807, 2.05) is 12.1 Å². The topological polar surface area (TPSA) is 20.2 Å². The van der Waals surface area contributed by atoms with E-state index in [1.54, 1.807) is 6.07 Å². The van der Waals surface area contributed by atoms with Gasteiger partial charge in [-0.3, -0.25) is 0 Å². The largest absolute Gasteiger partial charge is 0.388 e. The molecule has 1 unspecified atom stereocenters. The van der Waals surface area contributed by atoms with Crippen LogP contribution in [0.5, 0.6) is 0 Å². The second-order valence-corrected chi connectivity index (χ2v) is 5.21. The van der Waals surface area contributed by atoms with E-state index in [1.165, 1.54) is 0 Å². The molecule has 0 aromatic heterocycles. The molecule has 0 heterocycles. The molecule has 0 radical (unpaired) electrons. The Morgan fingerprint density at radius 1 is 1.12 bits per heavy atom. The fourth-order valence-electron chi connectivity index (χ4n) is 2.20. The molecule has 1 N–H and O–H groups in total. The molecule has 1 aromatic rings. The molecule has 0 saturated carbocycles. The van der Waals surface area contributed by atoms with Crippen LogP contribution in [0.1, 0.15) is 51.2 Å². The first-order valence-electron chi connectivity index (χ1n) is 6.23. The van der Waals surface area contributed by atoms with E-state index in [0.29, 0.717) is 10.0 Å². The van der Waals surface area contributed by atoms with Crippen LogP contribution < -0.4 is 0 Å². The minimum absolute atomic E-state index is 0.265. The summed E-state index contributed by atoms with van der Waals surface area (Å²) in [7, 11) is 0. The Balaban J connectivity index is 2.92. The van der Waals surface area contributed by atoms with Gasteiger partial charge in [-0.2, -0.15) is 0 Å². The van der Waals surface area contributed by atoms with Crippen molar-refractivity contribution in [2.24, 2.45) is 5.92 Å². The van der Waals surface area contributed by atoms with Crippen LogP contribution >= 0.6 is 23.2 Å². The molecule has 1 atom stereocenters. The average Bonchev–Trinajstić information content (AvgIpc) is 2.31. The summed E-state index contributed by atoms with van der Waals surface area (Å²) in [6, 6.07) is 5.44. The highest BCUT2D eigenvalue weighted by Crippen LogP contribution is 2.36. The summed E-state index contributed by atoms with van der Waals surface area (Å²) < 4.78 is 0. The molecule has 3 heteroatoms. The van der Waals surface area contributed by atoms with E-state index >= 15 is 0 Å². The average molecular weight is 275 g/mol. The molecule has 0 fully saturated rings. The lowest BCUT2D eigenvalue weighted by Crippen LogP contribution is -2.13. The Morgan fingerprint density at radius 3 is 2.24 bits per heavy atom. The van der Waals surface area contributed by atoms with Crippen LogP contribution in [-0.4, -0.2) is 5.11 Å². The second-order valence-electron chi connectivity index (χ2n) is 4.43. The van der Waals surface area contributed by atoms with E-state index in [9.17, 15) is 5.11 Å². The van der Waals surface area contributed by atoms with Crippen molar-refractivity contribution in [3.8, 4) is 0 Å². The fourth-order valence-corrected chi connectivity index (χ4v) is 2.62. The SMILES string of the molecule is CCCC(CCC)C(O)c1cccc(Cl)c1Cl. The van der Waals surface area contributed by atoms with Gasteiger partial charge in [0.2, 0.25) is 0 Å². The zero-order valence-corrected chi connectivity index (χ0v) is 11.9. The number of hydrogen-bond donors (Lipinski definition) is 1. The first kappa shape index (κ1) is 14.8. The summed E-state index contributed by atoms with van der Waals surface area (Å²) in [5.74, 6) is 0.265. The minimum Gasteiger partial charge on any atom is -0.388 e. The molecule has 17 heavy (non-hydrogen) atoms. The lowest BCUT2D eigenvalue weighted by Gasteiger charge is -2.23. The van der Waals surface area contributed by atoms with Gasteiger partial charge in [-0.15, -0.1) is 0 Å². The summed E-state index contributed by atoms with van der Waals surface area (Å²) >= 11 is 12.1. The quantitative estimate of drug-likeness (QED) is 0.752. The van der Waals surface area contributed by atoms with Crippen molar-refractivity contribution in [3.05, 3.63) is 33.8 Å². The van der Waals surface area contributed by atoms with Gasteiger partial charge in [0.15, 0.2) is 0 Å². The molecule has 0 spiro atoms. The Bertz CT molecular complexity index is 346. The van der Waals surface area contributed by atoms with Gasteiger partial charge in [-0.25, -0.2) is 0 Å². The maximum atomic E-state index is 10.4. The summed E-state index contributed by atoms with van der Waals surface area (Å²) in [6.07, 6.45) is 3.65. The van der Waals surface area contributed by atoms with Crippen molar-refractivity contribution < 1.29 is 5.11 Å². The molecule has 0 saturated heterocycles. The van der Waals surface area contributed by atoms with Crippen LogP contribution in [-0.2, 0) is 0 Å². The van der Waals surface area contributed by atoms with Crippen LogP contribution in [0.15, 0.2) is 18.2 Å². The highest BCUT2D eigenvalue weighted by molar-refractivity contribution is 6.42. The number of halogens is 2. The highest BCUT2D eigenvalue weighted by Gasteiger charge is 2.22. The zero-order valence-electron chi connectivity index (χ0n) is 10.4. The van der Waals surface area contributed by atoms with E-state index in [-0.39, 0.29) is 5.92 Å². The van der Waals surface area contributed by atoms with Crippen LogP contribution in [0.4, 0.5) is 0 Å². The number of aliphatic hydroxyl groups excluding tert-OH is 1. The molecule has 0 aliphatic rings. The predicted octanol–water partition coefficient (Wildman–Crippen LogP) is 5.24. The number of benzene rings is 1. The van der Waals surface area contributed by atoms with Crippen molar-refractivity contribution in [1.29, 1.82) is 0 Å². The molecule has 1 rings (SSSR count). The molecule has 0 aliphatic carbocycles. The fraction of sp³-hybridized carbons (Fsp3) is 0.571. The molecule has 0 amide bonds. The van der Waals surface area contributed by atoms with Gasteiger partial charge < -0.3 is 5.11 Å².